The Kier molecular flexibility index (Phi) is 12.9. The number of carbonyl (C=O) groups is 1. The molecule has 5 rings (SSSR count). The van der Waals surface area contributed by atoms with Gasteiger partial charge in [0.1, 0.15) is 30.2 Å². The number of aliphatic hydroxyl groups excluding tert-OH is 5. The number of nitrogens with one attached hydrogen (secondary N) is 2. The number of nitrogens with zero attached hydrogens (tertiary/aromatic N) is 1. The molecule has 1 aliphatic heterocycles. The summed E-state index contributed by atoms with van der Waals surface area (Å²) in [5, 5.41) is 53.5. The molecule has 1 saturated heterocycles. The molecule has 4 atom stereocenters. The molecule has 1 aliphatic carbocycles. The van der Waals surface area contributed by atoms with Crippen molar-refractivity contribution in [1.82, 2.24) is 15.6 Å². The average molecular weight is 700 g/mol. The van der Waals surface area contributed by atoms with E-state index in [-0.39, 0.29) is 12.6 Å². The third-order valence-corrected chi connectivity index (χ3v) is 9.41. The Hall–Kier alpha value is -3.33. The van der Waals surface area contributed by atoms with Crippen molar-refractivity contribution in [2.24, 2.45) is 0 Å². The lowest BCUT2D eigenvalue weighted by molar-refractivity contribution is -0.113. The normalized spacial score (nSPS) is 17.8. The summed E-state index contributed by atoms with van der Waals surface area (Å²) in [6, 6.07) is 13.6. The zero-order chi connectivity index (χ0) is 35.0. The molecule has 2 heterocycles. The molecule has 12 nitrogen and oxygen atoms in total. The van der Waals surface area contributed by atoms with E-state index in [0.717, 1.165) is 64.8 Å². The van der Waals surface area contributed by atoms with Gasteiger partial charge in [-0.25, -0.2) is 4.79 Å². The van der Waals surface area contributed by atoms with Gasteiger partial charge >= 0.3 is 6.03 Å². The van der Waals surface area contributed by atoms with Crippen molar-refractivity contribution in [2.45, 2.75) is 81.8 Å². The van der Waals surface area contributed by atoms with E-state index in [9.17, 15) is 25.2 Å². The molecule has 2 aliphatic rings. The summed E-state index contributed by atoms with van der Waals surface area (Å²) in [4.78, 5) is 16.5. The fourth-order valence-corrected chi connectivity index (χ4v) is 6.06. The van der Waals surface area contributed by atoms with Crippen molar-refractivity contribution < 1.29 is 44.5 Å². The second-order valence-electron chi connectivity index (χ2n) is 12.7. The predicted octanol–water partition coefficient (Wildman–Crippen LogP) is 2.75. The molecule has 1 aromatic heterocycles. The Morgan fingerprint density at radius 2 is 1.78 bits per heavy atom. The molecule has 13 heteroatoms. The number of aliphatic hydroxyl groups is 5. The molecule has 2 aromatic carbocycles. The lowest BCUT2D eigenvalue weighted by atomic mass is 9.96. The monoisotopic (exact) mass is 699 g/mol. The van der Waals surface area contributed by atoms with Gasteiger partial charge in [0.2, 0.25) is 0 Å². The lowest BCUT2D eigenvalue weighted by Gasteiger charge is -2.28. The van der Waals surface area contributed by atoms with Gasteiger partial charge in [-0.2, -0.15) is 0 Å². The topological polar surface area (TPSA) is 183 Å². The standard InChI is InChI=1S/C36H46ClN3O9/c1-22-14-24(29(37)15-23(22)6-4-5-12-39-35(46)40-17-30(42)33(44)34(45)31(43)18-41)19-48-36(10-11-36)28-16-38-13-9-26(28)27-7-2-3-8-32(27)49-25-20-47-21-25/h2-3,7-9,13-16,25,30-31,33-34,41-45H,4-6,10-12,17-21H2,1H3,(H2,39,40,46)/t30-,31+,33+,34+/m1/s1. The van der Waals surface area contributed by atoms with Gasteiger partial charge in [0.25, 0.3) is 0 Å². The van der Waals surface area contributed by atoms with Gasteiger partial charge in [0.05, 0.1) is 38.1 Å². The van der Waals surface area contributed by atoms with E-state index in [1.54, 1.807) is 6.20 Å². The number of carbonyl (C=O) groups excluding carboxylic acids is 1. The van der Waals surface area contributed by atoms with Crippen molar-refractivity contribution in [3.05, 3.63) is 82.1 Å². The summed E-state index contributed by atoms with van der Waals surface area (Å²) >= 11 is 6.76. The van der Waals surface area contributed by atoms with Gasteiger partial charge in [-0.1, -0.05) is 35.9 Å². The van der Waals surface area contributed by atoms with Crippen molar-refractivity contribution in [3.63, 3.8) is 0 Å². The first-order valence-corrected chi connectivity index (χ1v) is 17.0. The average Bonchev–Trinajstić information content (AvgIpc) is 3.89. The maximum atomic E-state index is 12.1. The Bertz CT molecular complexity index is 1550. The molecule has 0 radical (unpaired) electrons. The van der Waals surface area contributed by atoms with E-state index >= 15 is 0 Å². The largest absolute Gasteiger partial charge is 0.485 e. The van der Waals surface area contributed by atoms with Crippen molar-refractivity contribution >= 4 is 17.6 Å². The van der Waals surface area contributed by atoms with Crippen LogP contribution in [0.25, 0.3) is 11.1 Å². The third-order valence-electron chi connectivity index (χ3n) is 9.06. The van der Waals surface area contributed by atoms with Crippen LogP contribution in [0.1, 0.15) is 47.9 Å². The van der Waals surface area contributed by atoms with Crippen LogP contribution < -0.4 is 15.4 Å². The maximum absolute atomic E-state index is 12.1. The van der Waals surface area contributed by atoms with E-state index < -0.39 is 42.7 Å². The van der Waals surface area contributed by atoms with Crippen LogP contribution in [0.5, 0.6) is 5.75 Å². The molecule has 2 amide bonds. The highest BCUT2D eigenvalue weighted by molar-refractivity contribution is 6.31. The number of unbranched alkanes of at least 4 members (excludes halogenated alkanes) is 1. The zero-order valence-electron chi connectivity index (χ0n) is 27.6. The summed E-state index contributed by atoms with van der Waals surface area (Å²) in [6.45, 7) is 2.86. The quantitative estimate of drug-likeness (QED) is 0.0975. The van der Waals surface area contributed by atoms with Crippen LogP contribution in [-0.4, -0.2) is 100.0 Å². The van der Waals surface area contributed by atoms with Crippen LogP contribution in [0.2, 0.25) is 5.02 Å². The summed E-state index contributed by atoms with van der Waals surface area (Å²) in [7, 11) is 0. The van der Waals surface area contributed by atoms with Crippen LogP contribution >= 0.6 is 11.6 Å². The number of hydrogen-bond donors (Lipinski definition) is 7. The molecule has 0 unspecified atom stereocenters. The number of benzene rings is 2. The minimum atomic E-state index is -1.75. The summed E-state index contributed by atoms with van der Waals surface area (Å²) in [6.07, 6.45) is 1.15. The maximum Gasteiger partial charge on any atom is 0.314 e. The van der Waals surface area contributed by atoms with Gasteiger partial charge in [-0.15, -0.1) is 0 Å². The number of ether oxygens (including phenoxy) is 3. The number of aromatic nitrogens is 1. The van der Waals surface area contributed by atoms with Crippen LogP contribution in [0.3, 0.4) is 0 Å². The Labute approximate surface area is 291 Å². The number of rotatable bonds is 18. The van der Waals surface area contributed by atoms with E-state index in [1.807, 2.05) is 43.5 Å². The number of para-hydroxylation sites is 1. The number of urea groups is 1. The fourth-order valence-electron chi connectivity index (χ4n) is 5.82. The third kappa shape index (κ3) is 9.47. The van der Waals surface area contributed by atoms with Gasteiger partial charge in [0, 0.05) is 41.6 Å². The van der Waals surface area contributed by atoms with Gasteiger partial charge in [-0.3, -0.25) is 4.98 Å². The molecular formula is C36H46ClN3O9. The van der Waals surface area contributed by atoms with E-state index in [2.05, 4.69) is 27.8 Å². The molecule has 266 valence electrons. The van der Waals surface area contributed by atoms with Crippen LogP contribution in [0.4, 0.5) is 4.79 Å². The van der Waals surface area contributed by atoms with Crippen molar-refractivity contribution in [1.29, 1.82) is 0 Å². The second-order valence-corrected chi connectivity index (χ2v) is 13.1. The summed E-state index contributed by atoms with van der Waals surface area (Å²) in [5.41, 5.74) is 5.76. The highest BCUT2D eigenvalue weighted by Gasteiger charge is 2.48. The Morgan fingerprint density at radius 3 is 2.49 bits per heavy atom. The van der Waals surface area contributed by atoms with Gasteiger partial charge in [0.15, 0.2) is 0 Å². The fraction of sp³-hybridized carbons (Fsp3) is 0.500. The zero-order valence-corrected chi connectivity index (χ0v) is 28.3. The molecule has 3 aromatic rings. The number of pyridine rings is 1. The summed E-state index contributed by atoms with van der Waals surface area (Å²) < 4.78 is 18.1. The number of aryl methyl sites for hydroxylation is 2. The first-order chi connectivity index (χ1) is 23.6. The second kappa shape index (κ2) is 17.1. The summed E-state index contributed by atoms with van der Waals surface area (Å²) in [5.74, 6) is 0.818. The van der Waals surface area contributed by atoms with E-state index in [0.29, 0.717) is 37.8 Å². The molecule has 0 bridgehead atoms. The predicted molar refractivity (Wildman–Crippen MR) is 182 cm³/mol. The van der Waals surface area contributed by atoms with Gasteiger partial charge < -0.3 is 50.4 Å². The van der Waals surface area contributed by atoms with E-state index in [4.69, 9.17) is 30.9 Å². The van der Waals surface area contributed by atoms with Crippen LogP contribution in [-0.2, 0) is 28.1 Å². The number of halogens is 1. The Balaban J connectivity index is 1.10. The highest BCUT2D eigenvalue weighted by atomic mass is 35.5. The molecule has 1 saturated carbocycles. The minimum Gasteiger partial charge on any atom is -0.485 e. The minimum absolute atomic E-state index is 0.0559. The van der Waals surface area contributed by atoms with Gasteiger partial charge in [-0.05, 0) is 79.5 Å². The first kappa shape index (κ1) is 36.9. The lowest BCUT2D eigenvalue weighted by Crippen LogP contribution is -2.50. The molecule has 7 N–H and O–H groups in total. The van der Waals surface area contributed by atoms with E-state index in [1.165, 1.54) is 0 Å². The SMILES string of the molecule is Cc1cc(COC2(c3cnccc3-c3ccccc3OC3COC3)CC2)c(Cl)cc1CCCCNC(=O)NC[C@@H](O)[C@H](O)[C@@H](O)[C@@H](O)CO. The van der Waals surface area contributed by atoms with Crippen LogP contribution in [0, 0.1) is 6.92 Å². The van der Waals surface area contributed by atoms with Crippen molar-refractivity contribution in [2.75, 3.05) is 32.9 Å². The molecule has 0 spiro atoms. The van der Waals surface area contributed by atoms with Crippen LogP contribution in [0.15, 0.2) is 54.9 Å². The molecule has 2 fully saturated rings. The number of hydrogen-bond acceptors (Lipinski definition) is 10. The van der Waals surface area contributed by atoms with Crippen molar-refractivity contribution in [3.8, 4) is 16.9 Å². The first-order valence-electron chi connectivity index (χ1n) is 16.7. The molecular weight excluding hydrogens is 654 g/mol. The highest BCUT2D eigenvalue weighted by Crippen LogP contribution is 2.53. The smallest absolute Gasteiger partial charge is 0.314 e. The Morgan fingerprint density at radius 1 is 1.02 bits per heavy atom. The molecule has 49 heavy (non-hydrogen) atoms. The number of amides is 2.